The Labute approximate surface area is 140 Å². The monoisotopic (exact) mass is 327 g/mol. The van der Waals surface area contributed by atoms with Gasteiger partial charge in [-0.15, -0.1) is 0 Å². The summed E-state index contributed by atoms with van der Waals surface area (Å²) in [5.74, 6) is -0.108. The van der Waals surface area contributed by atoms with Crippen LogP contribution in [0.25, 0.3) is 5.65 Å². The molecule has 0 N–H and O–H groups in total. The van der Waals surface area contributed by atoms with E-state index in [-0.39, 0.29) is 5.91 Å². The molecule has 7 heteroatoms. The van der Waals surface area contributed by atoms with E-state index in [0.717, 1.165) is 29.1 Å². The van der Waals surface area contributed by atoms with Gasteiger partial charge in [0.15, 0.2) is 5.65 Å². The Hall–Kier alpha value is -2.70. The molecule has 24 heavy (non-hydrogen) atoms. The fourth-order valence-electron chi connectivity index (χ4n) is 2.90. The van der Waals surface area contributed by atoms with Gasteiger partial charge in [-0.1, -0.05) is 12.1 Å². The molecule has 0 aromatic carbocycles. The van der Waals surface area contributed by atoms with Crippen LogP contribution in [0, 0.1) is 20.8 Å². The van der Waals surface area contributed by atoms with Crippen LogP contribution in [0.2, 0.25) is 0 Å². The Bertz CT molecular complexity index is 909. The predicted molar refractivity (Wildman–Crippen MR) is 88.9 cm³/mol. The number of aryl methyl sites for hydroxylation is 4. The highest BCUT2D eigenvalue weighted by Gasteiger charge is 2.23. The van der Waals surface area contributed by atoms with Gasteiger partial charge in [0.1, 0.15) is 11.8 Å². The molecule has 3 rings (SSSR count). The summed E-state index contributed by atoms with van der Waals surface area (Å²) in [6.07, 6.45) is 2.36. The Morgan fingerprint density at radius 2 is 2.08 bits per heavy atom. The van der Waals surface area contributed by atoms with Crippen LogP contribution in [0.15, 0.2) is 16.9 Å². The lowest BCUT2D eigenvalue weighted by Crippen LogP contribution is -2.27. The van der Waals surface area contributed by atoms with Gasteiger partial charge in [0.25, 0.3) is 5.91 Å². The molecule has 3 aromatic rings. The van der Waals surface area contributed by atoms with Gasteiger partial charge >= 0.3 is 0 Å². The fourth-order valence-corrected chi connectivity index (χ4v) is 2.90. The van der Waals surface area contributed by atoms with Crippen molar-refractivity contribution in [3.63, 3.8) is 0 Å². The van der Waals surface area contributed by atoms with E-state index in [4.69, 9.17) is 4.52 Å². The number of fused-ring (bicyclic) bond motifs is 1. The van der Waals surface area contributed by atoms with Crippen molar-refractivity contribution in [1.82, 2.24) is 24.7 Å². The quantitative estimate of drug-likeness (QED) is 0.736. The van der Waals surface area contributed by atoms with Crippen LogP contribution in [0.5, 0.6) is 0 Å². The molecule has 0 fully saturated rings. The summed E-state index contributed by atoms with van der Waals surface area (Å²) in [6.45, 7) is 8.15. The van der Waals surface area contributed by atoms with E-state index in [1.807, 2.05) is 33.8 Å². The molecular formula is C17H21N5O2. The normalized spacial score (nSPS) is 11.2. The van der Waals surface area contributed by atoms with Crippen LogP contribution in [0.1, 0.15) is 45.6 Å². The van der Waals surface area contributed by atoms with E-state index >= 15 is 0 Å². The highest BCUT2D eigenvalue weighted by Crippen LogP contribution is 2.19. The van der Waals surface area contributed by atoms with Crippen LogP contribution in [0.4, 0.5) is 0 Å². The summed E-state index contributed by atoms with van der Waals surface area (Å²) in [4.78, 5) is 19.1. The van der Waals surface area contributed by atoms with Crippen LogP contribution >= 0.6 is 0 Å². The van der Waals surface area contributed by atoms with Crippen molar-refractivity contribution in [2.75, 3.05) is 7.05 Å². The van der Waals surface area contributed by atoms with Crippen molar-refractivity contribution < 1.29 is 9.32 Å². The van der Waals surface area contributed by atoms with Crippen molar-refractivity contribution in [2.24, 2.45) is 0 Å². The second-order valence-electron chi connectivity index (χ2n) is 6.04. The summed E-state index contributed by atoms with van der Waals surface area (Å²) >= 11 is 0. The second-order valence-corrected chi connectivity index (χ2v) is 6.04. The molecule has 0 saturated heterocycles. The largest absolute Gasteiger partial charge is 0.364 e. The number of nitrogens with zero attached hydrogens (tertiary/aromatic N) is 5. The molecule has 3 aromatic heterocycles. The van der Waals surface area contributed by atoms with Gasteiger partial charge < -0.3 is 9.42 Å². The molecule has 0 aliphatic rings. The summed E-state index contributed by atoms with van der Waals surface area (Å²) in [7, 11) is 1.76. The van der Waals surface area contributed by atoms with Crippen LogP contribution in [-0.4, -0.2) is 37.6 Å². The topological polar surface area (TPSA) is 76.5 Å². The van der Waals surface area contributed by atoms with Gasteiger partial charge in [0, 0.05) is 24.0 Å². The van der Waals surface area contributed by atoms with E-state index in [1.54, 1.807) is 22.7 Å². The van der Waals surface area contributed by atoms with E-state index in [1.165, 1.54) is 0 Å². The standard InChI is InChI=1S/C17H21N5O2/c1-6-14-13(9-24-20-14)8-21(5)17(23)15-12(4)19-22-11(3)7-10(2)18-16(15)22/h7,9H,6,8H2,1-5H3. The average molecular weight is 327 g/mol. The predicted octanol–water partition coefficient (Wildman–Crippen LogP) is 2.48. The molecule has 0 spiro atoms. The minimum Gasteiger partial charge on any atom is -0.364 e. The lowest BCUT2D eigenvalue weighted by atomic mass is 10.1. The third-order valence-electron chi connectivity index (χ3n) is 4.10. The third kappa shape index (κ3) is 2.66. The molecule has 0 bridgehead atoms. The minimum atomic E-state index is -0.108. The maximum absolute atomic E-state index is 13.0. The maximum Gasteiger partial charge on any atom is 0.259 e. The first-order chi connectivity index (χ1) is 11.4. The average Bonchev–Trinajstić information content (AvgIpc) is 3.10. The molecular weight excluding hydrogens is 306 g/mol. The van der Waals surface area contributed by atoms with Crippen molar-refractivity contribution in [1.29, 1.82) is 0 Å². The van der Waals surface area contributed by atoms with Gasteiger partial charge in [-0.25, -0.2) is 9.50 Å². The molecule has 126 valence electrons. The van der Waals surface area contributed by atoms with Crippen molar-refractivity contribution in [2.45, 2.75) is 40.7 Å². The molecule has 0 unspecified atom stereocenters. The number of hydrogen-bond donors (Lipinski definition) is 0. The molecule has 3 heterocycles. The van der Waals surface area contributed by atoms with Gasteiger partial charge in [-0.3, -0.25) is 4.79 Å². The first-order valence-corrected chi connectivity index (χ1v) is 7.93. The smallest absolute Gasteiger partial charge is 0.259 e. The molecule has 0 aliphatic heterocycles. The fraction of sp³-hybridized carbons (Fsp3) is 0.412. The number of amides is 1. The number of carbonyl (C=O) groups is 1. The van der Waals surface area contributed by atoms with E-state index in [9.17, 15) is 4.79 Å². The van der Waals surface area contributed by atoms with Crippen molar-refractivity contribution in [3.8, 4) is 0 Å². The van der Waals surface area contributed by atoms with Gasteiger partial charge in [-0.05, 0) is 33.3 Å². The highest BCUT2D eigenvalue weighted by molar-refractivity contribution is 6.00. The second kappa shape index (κ2) is 6.07. The lowest BCUT2D eigenvalue weighted by molar-refractivity contribution is 0.0785. The molecule has 1 amide bonds. The highest BCUT2D eigenvalue weighted by atomic mass is 16.5. The number of rotatable bonds is 4. The van der Waals surface area contributed by atoms with Crippen molar-refractivity contribution in [3.05, 3.63) is 46.2 Å². The van der Waals surface area contributed by atoms with E-state index in [0.29, 0.717) is 23.4 Å². The zero-order valence-electron chi connectivity index (χ0n) is 14.6. The Balaban J connectivity index is 1.98. The van der Waals surface area contributed by atoms with Gasteiger partial charge in [0.2, 0.25) is 0 Å². The zero-order chi connectivity index (χ0) is 17.4. The zero-order valence-corrected chi connectivity index (χ0v) is 14.6. The number of aromatic nitrogens is 4. The van der Waals surface area contributed by atoms with Gasteiger partial charge in [0.05, 0.1) is 17.9 Å². The Morgan fingerprint density at radius 3 is 2.79 bits per heavy atom. The van der Waals surface area contributed by atoms with Crippen LogP contribution in [-0.2, 0) is 13.0 Å². The maximum atomic E-state index is 13.0. The van der Waals surface area contributed by atoms with Crippen molar-refractivity contribution >= 4 is 11.6 Å². The summed E-state index contributed by atoms with van der Waals surface area (Å²) in [5, 5.41) is 8.42. The van der Waals surface area contributed by atoms with Crippen LogP contribution in [0.3, 0.4) is 0 Å². The first kappa shape index (κ1) is 16.2. The molecule has 7 nitrogen and oxygen atoms in total. The Morgan fingerprint density at radius 1 is 1.33 bits per heavy atom. The molecule has 0 aliphatic carbocycles. The summed E-state index contributed by atoms with van der Waals surface area (Å²) in [6, 6.07) is 1.95. The number of carbonyl (C=O) groups excluding carboxylic acids is 1. The third-order valence-corrected chi connectivity index (χ3v) is 4.10. The SMILES string of the molecule is CCc1nocc1CN(C)C(=O)c1c(C)nn2c(C)cc(C)nc12. The molecule has 0 radical (unpaired) electrons. The van der Waals surface area contributed by atoms with E-state index in [2.05, 4.69) is 15.2 Å². The molecule has 0 saturated carbocycles. The number of hydrogen-bond acceptors (Lipinski definition) is 5. The van der Waals surface area contributed by atoms with E-state index < -0.39 is 0 Å². The summed E-state index contributed by atoms with van der Waals surface area (Å²) < 4.78 is 6.74. The summed E-state index contributed by atoms with van der Waals surface area (Å²) in [5.41, 5.74) is 5.42. The Kier molecular flexibility index (Phi) is 4.09. The molecule has 0 atom stereocenters. The van der Waals surface area contributed by atoms with Crippen LogP contribution < -0.4 is 0 Å². The lowest BCUT2D eigenvalue weighted by Gasteiger charge is -2.16. The first-order valence-electron chi connectivity index (χ1n) is 7.93. The minimum absolute atomic E-state index is 0.108. The van der Waals surface area contributed by atoms with Gasteiger partial charge in [-0.2, -0.15) is 5.10 Å².